The molecule has 0 bridgehead atoms. The first kappa shape index (κ1) is 21.9. The van der Waals surface area contributed by atoms with Gasteiger partial charge in [0.25, 0.3) is 5.91 Å². The molecule has 0 heterocycles. The molecule has 1 N–H and O–H groups in total. The average molecular weight is 389 g/mol. The van der Waals surface area contributed by atoms with E-state index in [0.29, 0.717) is 24.6 Å². The fourth-order valence-electron chi connectivity index (χ4n) is 2.51. The molecule has 0 saturated heterocycles. The van der Waals surface area contributed by atoms with Gasteiger partial charge in [0, 0.05) is 24.7 Å². The lowest BCUT2D eigenvalue weighted by Gasteiger charge is -2.20. The van der Waals surface area contributed by atoms with Crippen molar-refractivity contribution < 1.29 is 13.2 Å². The van der Waals surface area contributed by atoms with Crippen molar-refractivity contribution in [3.05, 3.63) is 28.8 Å². The molecule has 0 saturated carbocycles. The minimum atomic E-state index is -3.72. The summed E-state index contributed by atoms with van der Waals surface area (Å²) in [4.78, 5) is 12.4. The second kappa shape index (κ2) is 9.55. The predicted molar refractivity (Wildman–Crippen MR) is 103 cm³/mol. The Morgan fingerprint density at radius 1 is 1.16 bits per heavy atom. The Labute approximate surface area is 156 Å². The molecular formula is C18H29ClN2O3S. The molecule has 1 aromatic rings. The number of nitrogens with zero attached hydrogens (tertiary/aromatic N) is 1. The predicted octanol–water partition coefficient (Wildman–Crippen LogP) is 3.93. The van der Waals surface area contributed by atoms with E-state index in [-0.39, 0.29) is 21.9 Å². The zero-order valence-corrected chi connectivity index (χ0v) is 17.2. The van der Waals surface area contributed by atoms with Gasteiger partial charge in [-0.2, -0.15) is 4.31 Å². The van der Waals surface area contributed by atoms with E-state index in [4.69, 9.17) is 11.6 Å². The van der Waals surface area contributed by atoms with Crippen molar-refractivity contribution >= 4 is 27.5 Å². The molecule has 0 radical (unpaired) electrons. The van der Waals surface area contributed by atoms with Crippen LogP contribution in [0.1, 0.15) is 57.8 Å². The zero-order valence-electron chi connectivity index (χ0n) is 15.7. The van der Waals surface area contributed by atoms with Crippen LogP contribution >= 0.6 is 11.6 Å². The number of carbonyl (C=O) groups excluding carboxylic acids is 1. The maximum absolute atomic E-state index is 12.7. The summed E-state index contributed by atoms with van der Waals surface area (Å²) in [5, 5.41) is 3.04. The lowest BCUT2D eigenvalue weighted by atomic mass is 10.0. The third kappa shape index (κ3) is 5.97. The fourth-order valence-corrected chi connectivity index (χ4v) is 4.47. The van der Waals surface area contributed by atoms with Gasteiger partial charge in [0.15, 0.2) is 0 Å². The van der Waals surface area contributed by atoms with Crippen LogP contribution in [0.2, 0.25) is 5.02 Å². The Bertz CT molecular complexity index is 686. The molecule has 1 rings (SSSR count). The summed E-state index contributed by atoms with van der Waals surface area (Å²) in [5.74, 6) is 0.282. The summed E-state index contributed by atoms with van der Waals surface area (Å²) in [6, 6.07) is 4.40. The van der Waals surface area contributed by atoms with E-state index in [0.717, 1.165) is 12.8 Å². The maximum Gasteiger partial charge on any atom is 0.251 e. The number of sulfonamides is 1. The van der Waals surface area contributed by atoms with E-state index in [1.165, 1.54) is 16.4 Å². The van der Waals surface area contributed by atoms with Crippen LogP contribution in [0.5, 0.6) is 0 Å². The zero-order chi connectivity index (χ0) is 19.2. The van der Waals surface area contributed by atoms with Crippen LogP contribution in [0.15, 0.2) is 23.1 Å². The van der Waals surface area contributed by atoms with Gasteiger partial charge in [0.1, 0.15) is 4.90 Å². The second-order valence-electron chi connectivity index (χ2n) is 6.58. The lowest BCUT2D eigenvalue weighted by Crippen LogP contribution is -2.33. The molecule has 1 amide bonds. The van der Waals surface area contributed by atoms with Gasteiger partial charge in [-0.25, -0.2) is 8.42 Å². The summed E-state index contributed by atoms with van der Waals surface area (Å²) in [5.41, 5.74) is 0.298. The number of rotatable bonds is 9. The van der Waals surface area contributed by atoms with Gasteiger partial charge in [-0.3, -0.25) is 4.79 Å². The van der Waals surface area contributed by atoms with E-state index < -0.39 is 10.0 Å². The van der Waals surface area contributed by atoms with Crippen LogP contribution in [-0.2, 0) is 10.0 Å². The smallest absolute Gasteiger partial charge is 0.251 e. The first-order valence-electron chi connectivity index (χ1n) is 8.74. The topological polar surface area (TPSA) is 66.5 Å². The van der Waals surface area contributed by atoms with Crippen LogP contribution in [0.4, 0.5) is 0 Å². The minimum absolute atomic E-state index is 0.0217. The molecule has 142 valence electrons. The molecule has 0 aliphatic rings. The number of hydrogen-bond acceptors (Lipinski definition) is 3. The number of carbonyl (C=O) groups is 1. The molecule has 1 atom stereocenters. The normalized spacial score (nSPS) is 13.3. The van der Waals surface area contributed by atoms with Crippen LogP contribution in [0.3, 0.4) is 0 Å². The van der Waals surface area contributed by atoms with Gasteiger partial charge in [-0.1, -0.05) is 39.3 Å². The molecule has 0 aliphatic heterocycles. The van der Waals surface area contributed by atoms with Crippen molar-refractivity contribution in [1.29, 1.82) is 0 Å². The van der Waals surface area contributed by atoms with E-state index in [2.05, 4.69) is 19.2 Å². The van der Waals surface area contributed by atoms with Crippen molar-refractivity contribution in [3.63, 3.8) is 0 Å². The number of amides is 1. The Kier molecular flexibility index (Phi) is 8.38. The highest BCUT2D eigenvalue weighted by Crippen LogP contribution is 2.26. The summed E-state index contributed by atoms with van der Waals surface area (Å²) in [7, 11) is -3.72. The maximum atomic E-state index is 12.7. The van der Waals surface area contributed by atoms with Gasteiger partial charge < -0.3 is 5.32 Å². The van der Waals surface area contributed by atoms with Crippen molar-refractivity contribution in [2.45, 2.75) is 58.4 Å². The SMILES string of the molecule is CCN(CC)S(=O)(=O)c1cc(C(=O)N[C@@H](C)CCC(C)C)ccc1Cl. The number of hydrogen-bond donors (Lipinski definition) is 1. The molecule has 1 aromatic carbocycles. The molecule has 0 spiro atoms. The van der Waals surface area contributed by atoms with Gasteiger partial charge in [-0.05, 0) is 43.9 Å². The Balaban J connectivity index is 3.03. The summed E-state index contributed by atoms with van der Waals surface area (Å²) in [6.07, 6.45) is 1.89. The van der Waals surface area contributed by atoms with Gasteiger partial charge in [0.2, 0.25) is 10.0 Å². The Morgan fingerprint density at radius 2 is 1.76 bits per heavy atom. The minimum Gasteiger partial charge on any atom is -0.350 e. The monoisotopic (exact) mass is 388 g/mol. The largest absolute Gasteiger partial charge is 0.350 e. The Morgan fingerprint density at radius 3 is 2.28 bits per heavy atom. The first-order valence-corrected chi connectivity index (χ1v) is 10.6. The quantitative estimate of drug-likeness (QED) is 0.697. The van der Waals surface area contributed by atoms with Gasteiger partial charge >= 0.3 is 0 Å². The molecule has 0 aromatic heterocycles. The number of halogens is 1. The third-order valence-electron chi connectivity index (χ3n) is 4.07. The molecule has 25 heavy (non-hydrogen) atoms. The van der Waals surface area contributed by atoms with Crippen molar-refractivity contribution in [1.82, 2.24) is 9.62 Å². The highest BCUT2D eigenvalue weighted by atomic mass is 35.5. The van der Waals surface area contributed by atoms with Crippen molar-refractivity contribution in [2.24, 2.45) is 5.92 Å². The fraction of sp³-hybridized carbons (Fsp3) is 0.611. The average Bonchev–Trinajstić information content (AvgIpc) is 2.53. The number of benzene rings is 1. The molecule has 0 fully saturated rings. The molecule has 0 aliphatic carbocycles. The van der Waals surface area contributed by atoms with Gasteiger partial charge in [-0.15, -0.1) is 0 Å². The molecule has 7 heteroatoms. The summed E-state index contributed by atoms with van der Waals surface area (Å²) in [6.45, 7) is 10.4. The van der Waals surface area contributed by atoms with E-state index in [9.17, 15) is 13.2 Å². The molecular weight excluding hydrogens is 360 g/mol. The third-order valence-corrected chi connectivity index (χ3v) is 6.60. The Hall–Kier alpha value is -1.11. The highest BCUT2D eigenvalue weighted by molar-refractivity contribution is 7.89. The van der Waals surface area contributed by atoms with Crippen molar-refractivity contribution in [2.75, 3.05) is 13.1 Å². The first-order chi connectivity index (χ1) is 11.6. The standard InChI is InChI=1S/C18H29ClN2O3S/c1-6-21(7-2)25(23,24)17-12-15(10-11-16(17)19)18(22)20-14(5)9-8-13(3)4/h10-14H,6-9H2,1-5H3,(H,20,22)/t14-/m0/s1. The van der Waals surface area contributed by atoms with Crippen molar-refractivity contribution in [3.8, 4) is 0 Å². The van der Waals surface area contributed by atoms with Crippen LogP contribution in [-0.4, -0.2) is 37.8 Å². The van der Waals surface area contributed by atoms with Crippen LogP contribution < -0.4 is 5.32 Å². The lowest BCUT2D eigenvalue weighted by molar-refractivity contribution is 0.0937. The summed E-state index contributed by atoms with van der Waals surface area (Å²) < 4.78 is 26.7. The van der Waals surface area contributed by atoms with E-state index in [1.54, 1.807) is 19.9 Å². The molecule has 5 nitrogen and oxygen atoms in total. The van der Waals surface area contributed by atoms with Crippen LogP contribution in [0, 0.1) is 5.92 Å². The van der Waals surface area contributed by atoms with E-state index >= 15 is 0 Å². The van der Waals surface area contributed by atoms with Gasteiger partial charge in [0.05, 0.1) is 5.02 Å². The second-order valence-corrected chi connectivity index (χ2v) is 8.89. The van der Waals surface area contributed by atoms with E-state index in [1.807, 2.05) is 6.92 Å². The molecule has 0 unspecified atom stereocenters. The highest BCUT2D eigenvalue weighted by Gasteiger charge is 2.25. The van der Waals surface area contributed by atoms with Crippen LogP contribution in [0.25, 0.3) is 0 Å². The number of nitrogens with one attached hydrogen (secondary N) is 1. The summed E-state index contributed by atoms with van der Waals surface area (Å²) >= 11 is 6.10.